The van der Waals surface area contributed by atoms with Gasteiger partial charge in [-0.25, -0.2) is 0 Å². The van der Waals surface area contributed by atoms with Gasteiger partial charge in [0.1, 0.15) is 5.76 Å². The first-order valence-corrected chi connectivity index (χ1v) is 6.73. The molecule has 0 bridgehead atoms. The van der Waals surface area contributed by atoms with E-state index in [0.29, 0.717) is 12.0 Å². The summed E-state index contributed by atoms with van der Waals surface area (Å²) in [7, 11) is 0. The molecule has 2 rings (SSSR count). The molecule has 0 saturated carbocycles. The number of hydrogen-bond donors (Lipinski definition) is 1. The van der Waals surface area contributed by atoms with E-state index in [9.17, 15) is 0 Å². The molecular formula is C14H23NO2. The molecule has 2 atom stereocenters. The molecular weight excluding hydrogens is 214 g/mol. The molecule has 0 aromatic carbocycles. The van der Waals surface area contributed by atoms with Crippen molar-refractivity contribution in [3.8, 4) is 0 Å². The summed E-state index contributed by atoms with van der Waals surface area (Å²) in [6, 6.07) is 4.51. The SMILES string of the molecule is CCCNC(Cc1ccco1)C1CCCOC1. The van der Waals surface area contributed by atoms with Crippen molar-refractivity contribution in [3.63, 3.8) is 0 Å². The number of hydrogen-bond acceptors (Lipinski definition) is 3. The lowest BCUT2D eigenvalue weighted by atomic mass is 9.91. The van der Waals surface area contributed by atoms with Gasteiger partial charge in [0, 0.05) is 19.1 Å². The molecule has 3 nitrogen and oxygen atoms in total. The Morgan fingerprint density at radius 1 is 1.53 bits per heavy atom. The third kappa shape index (κ3) is 3.86. The van der Waals surface area contributed by atoms with Crippen molar-refractivity contribution in [1.29, 1.82) is 0 Å². The third-order valence-corrected chi connectivity index (χ3v) is 3.42. The van der Waals surface area contributed by atoms with E-state index in [4.69, 9.17) is 9.15 Å². The van der Waals surface area contributed by atoms with Gasteiger partial charge < -0.3 is 14.5 Å². The van der Waals surface area contributed by atoms with Crippen molar-refractivity contribution in [2.75, 3.05) is 19.8 Å². The lowest BCUT2D eigenvalue weighted by molar-refractivity contribution is 0.0386. The monoisotopic (exact) mass is 237 g/mol. The second kappa shape index (κ2) is 6.82. The van der Waals surface area contributed by atoms with Crippen LogP contribution >= 0.6 is 0 Å². The normalized spacial score (nSPS) is 22.5. The Morgan fingerprint density at radius 2 is 2.47 bits per heavy atom. The molecule has 96 valence electrons. The third-order valence-electron chi connectivity index (χ3n) is 3.42. The molecule has 0 amide bonds. The van der Waals surface area contributed by atoms with Crippen LogP contribution in [0.3, 0.4) is 0 Å². The zero-order valence-corrected chi connectivity index (χ0v) is 10.7. The lowest BCUT2D eigenvalue weighted by Crippen LogP contribution is -2.42. The summed E-state index contributed by atoms with van der Waals surface area (Å²) >= 11 is 0. The topological polar surface area (TPSA) is 34.4 Å². The Hall–Kier alpha value is -0.800. The Balaban J connectivity index is 1.91. The van der Waals surface area contributed by atoms with Crippen molar-refractivity contribution >= 4 is 0 Å². The Bertz CT molecular complexity index is 291. The van der Waals surface area contributed by atoms with Gasteiger partial charge in [-0.05, 0) is 43.9 Å². The fourth-order valence-corrected chi connectivity index (χ4v) is 2.46. The first-order valence-electron chi connectivity index (χ1n) is 6.73. The fourth-order valence-electron chi connectivity index (χ4n) is 2.46. The van der Waals surface area contributed by atoms with Crippen molar-refractivity contribution in [2.45, 2.75) is 38.6 Å². The maximum Gasteiger partial charge on any atom is 0.105 e. The van der Waals surface area contributed by atoms with Crippen LogP contribution in [0.15, 0.2) is 22.8 Å². The highest BCUT2D eigenvalue weighted by Crippen LogP contribution is 2.20. The Labute approximate surface area is 104 Å². The molecule has 1 fully saturated rings. The van der Waals surface area contributed by atoms with Crippen LogP contribution in [0.25, 0.3) is 0 Å². The van der Waals surface area contributed by atoms with E-state index < -0.39 is 0 Å². The Kier molecular flexibility index (Phi) is 5.08. The maximum absolute atomic E-state index is 5.59. The first-order chi connectivity index (χ1) is 8.40. The van der Waals surface area contributed by atoms with Gasteiger partial charge in [-0.1, -0.05) is 6.92 Å². The van der Waals surface area contributed by atoms with E-state index in [1.165, 1.54) is 19.3 Å². The molecule has 0 aliphatic carbocycles. The summed E-state index contributed by atoms with van der Waals surface area (Å²) in [4.78, 5) is 0. The predicted molar refractivity (Wildman–Crippen MR) is 68.0 cm³/mol. The van der Waals surface area contributed by atoms with E-state index in [1.807, 2.05) is 6.07 Å². The molecule has 1 aromatic heterocycles. The fraction of sp³-hybridized carbons (Fsp3) is 0.714. The summed E-state index contributed by atoms with van der Waals surface area (Å²) in [6.45, 7) is 5.09. The van der Waals surface area contributed by atoms with Gasteiger partial charge in [0.2, 0.25) is 0 Å². The van der Waals surface area contributed by atoms with Crippen LogP contribution in [-0.4, -0.2) is 25.8 Å². The van der Waals surface area contributed by atoms with Gasteiger partial charge in [-0.3, -0.25) is 0 Å². The van der Waals surface area contributed by atoms with E-state index in [0.717, 1.165) is 31.9 Å². The summed E-state index contributed by atoms with van der Waals surface area (Å²) in [5, 5.41) is 3.64. The van der Waals surface area contributed by atoms with Crippen molar-refractivity contribution in [3.05, 3.63) is 24.2 Å². The van der Waals surface area contributed by atoms with E-state index in [2.05, 4.69) is 18.3 Å². The van der Waals surface area contributed by atoms with E-state index >= 15 is 0 Å². The molecule has 0 radical (unpaired) electrons. The molecule has 1 aliphatic rings. The molecule has 2 heterocycles. The molecule has 1 saturated heterocycles. The minimum absolute atomic E-state index is 0.487. The van der Waals surface area contributed by atoms with Gasteiger partial charge in [-0.2, -0.15) is 0 Å². The van der Waals surface area contributed by atoms with E-state index in [-0.39, 0.29) is 0 Å². The van der Waals surface area contributed by atoms with Crippen LogP contribution in [0.2, 0.25) is 0 Å². The smallest absolute Gasteiger partial charge is 0.105 e. The Morgan fingerprint density at radius 3 is 3.12 bits per heavy atom. The average molecular weight is 237 g/mol. The second-order valence-corrected chi connectivity index (χ2v) is 4.82. The molecule has 1 N–H and O–H groups in total. The molecule has 0 spiro atoms. The number of ether oxygens (including phenoxy) is 1. The van der Waals surface area contributed by atoms with Crippen LogP contribution in [-0.2, 0) is 11.2 Å². The zero-order valence-electron chi connectivity index (χ0n) is 10.7. The predicted octanol–water partition coefficient (Wildman–Crippen LogP) is 2.62. The number of rotatable bonds is 6. The molecule has 3 heteroatoms. The second-order valence-electron chi connectivity index (χ2n) is 4.82. The van der Waals surface area contributed by atoms with Crippen LogP contribution in [0.5, 0.6) is 0 Å². The summed E-state index contributed by atoms with van der Waals surface area (Å²) in [5.41, 5.74) is 0. The molecule has 2 unspecified atom stereocenters. The highest BCUT2D eigenvalue weighted by atomic mass is 16.5. The van der Waals surface area contributed by atoms with Crippen LogP contribution in [0, 0.1) is 5.92 Å². The zero-order chi connectivity index (χ0) is 11.9. The standard InChI is InChI=1S/C14H23NO2/c1-2-7-15-14(10-13-6-4-9-17-13)12-5-3-8-16-11-12/h4,6,9,12,14-15H,2-3,5,7-8,10-11H2,1H3. The molecule has 1 aromatic rings. The highest BCUT2D eigenvalue weighted by molar-refractivity contribution is 5.01. The van der Waals surface area contributed by atoms with Crippen molar-refractivity contribution in [2.24, 2.45) is 5.92 Å². The lowest BCUT2D eigenvalue weighted by Gasteiger charge is -2.30. The largest absolute Gasteiger partial charge is 0.469 e. The van der Waals surface area contributed by atoms with Gasteiger partial charge in [0.25, 0.3) is 0 Å². The van der Waals surface area contributed by atoms with Crippen LogP contribution in [0.4, 0.5) is 0 Å². The molecule has 17 heavy (non-hydrogen) atoms. The van der Waals surface area contributed by atoms with Crippen LogP contribution in [0.1, 0.15) is 31.9 Å². The minimum Gasteiger partial charge on any atom is -0.469 e. The summed E-state index contributed by atoms with van der Waals surface area (Å²) in [5.74, 6) is 1.70. The van der Waals surface area contributed by atoms with E-state index in [1.54, 1.807) is 6.26 Å². The van der Waals surface area contributed by atoms with Crippen molar-refractivity contribution in [1.82, 2.24) is 5.32 Å². The van der Waals surface area contributed by atoms with Crippen LogP contribution < -0.4 is 5.32 Å². The van der Waals surface area contributed by atoms with Gasteiger partial charge >= 0.3 is 0 Å². The van der Waals surface area contributed by atoms with Gasteiger partial charge in [-0.15, -0.1) is 0 Å². The highest BCUT2D eigenvalue weighted by Gasteiger charge is 2.24. The maximum atomic E-state index is 5.59. The molecule has 1 aliphatic heterocycles. The minimum atomic E-state index is 0.487. The number of furan rings is 1. The van der Waals surface area contributed by atoms with Gasteiger partial charge in [0.05, 0.1) is 12.9 Å². The average Bonchev–Trinajstić information content (AvgIpc) is 2.88. The van der Waals surface area contributed by atoms with Gasteiger partial charge in [0.15, 0.2) is 0 Å². The number of nitrogens with one attached hydrogen (secondary N) is 1. The summed E-state index contributed by atoms with van der Waals surface area (Å²) in [6.07, 6.45) is 6.35. The first kappa shape index (κ1) is 12.7. The van der Waals surface area contributed by atoms with Crippen molar-refractivity contribution < 1.29 is 9.15 Å². The summed E-state index contributed by atoms with van der Waals surface area (Å²) < 4.78 is 11.0. The quantitative estimate of drug-likeness (QED) is 0.826.